The first-order chi connectivity index (χ1) is 8.84. The van der Waals surface area contributed by atoms with Crippen molar-refractivity contribution < 1.29 is 0 Å². The summed E-state index contributed by atoms with van der Waals surface area (Å²) in [5, 5.41) is 6.60. The molecule has 6 heteroatoms. The molecule has 1 saturated heterocycles. The maximum Gasteiger partial charge on any atom is 0.255 e. The number of piperazine rings is 1. The molecule has 2 aliphatic rings. The summed E-state index contributed by atoms with van der Waals surface area (Å²) in [4.78, 5) is 21.9. The molecule has 3 N–H and O–H groups in total. The van der Waals surface area contributed by atoms with E-state index in [1.54, 1.807) is 0 Å². The van der Waals surface area contributed by atoms with Crippen LogP contribution in [0.2, 0.25) is 0 Å². The molecule has 0 atom stereocenters. The lowest BCUT2D eigenvalue weighted by Gasteiger charge is -2.28. The van der Waals surface area contributed by atoms with Gasteiger partial charge in [-0.05, 0) is 13.0 Å². The third kappa shape index (κ3) is 2.26. The molecule has 18 heavy (non-hydrogen) atoms. The van der Waals surface area contributed by atoms with Crippen LogP contribution in [0, 0.1) is 0 Å². The lowest BCUT2D eigenvalue weighted by Crippen LogP contribution is -2.45. The molecule has 0 bridgehead atoms. The molecule has 2 aliphatic heterocycles. The normalized spacial score (nSPS) is 20.3. The smallest absolute Gasteiger partial charge is 0.255 e. The Labute approximate surface area is 106 Å². The van der Waals surface area contributed by atoms with Crippen LogP contribution in [-0.2, 0) is 12.8 Å². The van der Waals surface area contributed by atoms with Crippen molar-refractivity contribution in [3.8, 4) is 0 Å². The number of hydrogen-bond donors (Lipinski definition) is 3. The Morgan fingerprint density at radius 3 is 2.56 bits per heavy atom. The second-order valence-corrected chi connectivity index (χ2v) is 4.80. The van der Waals surface area contributed by atoms with Crippen LogP contribution in [0.15, 0.2) is 4.79 Å². The monoisotopic (exact) mass is 249 g/mol. The number of aromatic nitrogens is 2. The fraction of sp³-hybridized carbons (Fsp3) is 0.667. The Balaban J connectivity index is 1.94. The highest BCUT2D eigenvalue weighted by molar-refractivity contribution is 5.34. The van der Waals surface area contributed by atoms with Gasteiger partial charge < -0.3 is 15.5 Å². The lowest BCUT2D eigenvalue weighted by atomic mass is 10.1. The number of nitrogens with zero attached hydrogens (tertiary/aromatic N) is 2. The van der Waals surface area contributed by atoms with Crippen LogP contribution >= 0.6 is 0 Å². The minimum Gasteiger partial charge on any atom is -0.340 e. The zero-order valence-electron chi connectivity index (χ0n) is 10.5. The molecule has 0 spiro atoms. The first kappa shape index (κ1) is 11.7. The van der Waals surface area contributed by atoms with Gasteiger partial charge >= 0.3 is 0 Å². The Bertz CT molecular complexity index is 478. The third-order valence-electron chi connectivity index (χ3n) is 3.60. The van der Waals surface area contributed by atoms with Crippen molar-refractivity contribution in [1.82, 2.24) is 20.6 Å². The first-order valence-corrected chi connectivity index (χ1v) is 6.63. The Morgan fingerprint density at radius 2 is 1.72 bits per heavy atom. The van der Waals surface area contributed by atoms with E-state index in [0.717, 1.165) is 69.3 Å². The van der Waals surface area contributed by atoms with Crippen LogP contribution in [0.4, 0.5) is 5.95 Å². The lowest BCUT2D eigenvalue weighted by molar-refractivity contribution is 0.577. The summed E-state index contributed by atoms with van der Waals surface area (Å²) < 4.78 is 0. The topological polar surface area (TPSA) is 73.0 Å². The number of fused-ring (bicyclic) bond motifs is 1. The van der Waals surface area contributed by atoms with E-state index >= 15 is 0 Å². The highest BCUT2D eigenvalue weighted by Crippen LogP contribution is 2.11. The molecule has 0 aliphatic carbocycles. The van der Waals surface area contributed by atoms with Crippen molar-refractivity contribution in [3.63, 3.8) is 0 Å². The van der Waals surface area contributed by atoms with Crippen LogP contribution in [-0.4, -0.2) is 49.2 Å². The summed E-state index contributed by atoms with van der Waals surface area (Å²) >= 11 is 0. The van der Waals surface area contributed by atoms with E-state index < -0.39 is 0 Å². The van der Waals surface area contributed by atoms with E-state index in [1.165, 1.54) is 0 Å². The van der Waals surface area contributed by atoms with Gasteiger partial charge in [-0.15, -0.1) is 0 Å². The highest BCUT2D eigenvalue weighted by Gasteiger charge is 2.18. The van der Waals surface area contributed by atoms with Gasteiger partial charge in [0.15, 0.2) is 0 Å². The fourth-order valence-electron chi connectivity index (χ4n) is 2.57. The maximum absolute atomic E-state index is 12.1. The summed E-state index contributed by atoms with van der Waals surface area (Å²) in [5.41, 5.74) is 1.87. The van der Waals surface area contributed by atoms with Crippen molar-refractivity contribution in [2.45, 2.75) is 12.8 Å². The number of aromatic amines is 1. The van der Waals surface area contributed by atoms with Crippen molar-refractivity contribution in [2.75, 3.05) is 44.2 Å². The molecule has 0 unspecified atom stereocenters. The maximum atomic E-state index is 12.1. The Morgan fingerprint density at radius 1 is 1.00 bits per heavy atom. The van der Waals surface area contributed by atoms with Gasteiger partial charge in [-0.1, -0.05) is 0 Å². The molecule has 1 fully saturated rings. The zero-order valence-corrected chi connectivity index (χ0v) is 10.5. The molecule has 1 aromatic heterocycles. The van der Waals surface area contributed by atoms with Crippen LogP contribution < -0.4 is 21.1 Å². The summed E-state index contributed by atoms with van der Waals surface area (Å²) in [5.74, 6) is 0.738. The molecule has 1 aromatic rings. The van der Waals surface area contributed by atoms with Crippen molar-refractivity contribution in [2.24, 2.45) is 0 Å². The third-order valence-corrected chi connectivity index (χ3v) is 3.60. The molecule has 98 valence electrons. The largest absolute Gasteiger partial charge is 0.340 e. The van der Waals surface area contributed by atoms with E-state index in [2.05, 4.69) is 25.5 Å². The summed E-state index contributed by atoms with van der Waals surface area (Å²) in [6.07, 6.45) is 1.62. The predicted octanol–water partition coefficient (Wildman–Crippen LogP) is -1.13. The summed E-state index contributed by atoms with van der Waals surface area (Å²) in [6.45, 7) is 5.47. The molecule has 0 radical (unpaired) electrons. The van der Waals surface area contributed by atoms with Crippen LogP contribution in [0.5, 0.6) is 0 Å². The Kier molecular flexibility index (Phi) is 3.29. The van der Waals surface area contributed by atoms with Crippen molar-refractivity contribution in [3.05, 3.63) is 21.6 Å². The fourth-order valence-corrected chi connectivity index (χ4v) is 2.57. The number of H-pyrrole nitrogens is 1. The second kappa shape index (κ2) is 5.07. The number of anilines is 1. The van der Waals surface area contributed by atoms with Gasteiger partial charge in [0.2, 0.25) is 5.95 Å². The van der Waals surface area contributed by atoms with Gasteiger partial charge in [-0.3, -0.25) is 9.78 Å². The van der Waals surface area contributed by atoms with Gasteiger partial charge in [-0.2, -0.15) is 0 Å². The van der Waals surface area contributed by atoms with E-state index in [4.69, 9.17) is 0 Å². The van der Waals surface area contributed by atoms with E-state index in [9.17, 15) is 4.79 Å². The van der Waals surface area contributed by atoms with Gasteiger partial charge in [0.05, 0.1) is 5.69 Å². The highest BCUT2D eigenvalue weighted by atomic mass is 16.1. The number of nitrogens with one attached hydrogen (secondary N) is 3. The van der Waals surface area contributed by atoms with E-state index in [-0.39, 0.29) is 5.56 Å². The standard InChI is InChI=1S/C12H19N5O/c18-11-9-1-3-13-4-2-10(9)15-12(16-11)17-7-5-14-6-8-17/h13-14H,1-8H2,(H,15,16,18). The van der Waals surface area contributed by atoms with Crippen LogP contribution in [0.3, 0.4) is 0 Å². The van der Waals surface area contributed by atoms with Crippen molar-refractivity contribution >= 4 is 5.95 Å². The average molecular weight is 249 g/mol. The summed E-state index contributed by atoms with van der Waals surface area (Å²) in [6, 6.07) is 0. The van der Waals surface area contributed by atoms with E-state index in [0.29, 0.717) is 0 Å². The summed E-state index contributed by atoms with van der Waals surface area (Å²) in [7, 11) is 0. The Hall–Kier alpha value is -1.40. The van der Waals surface area contributed by atoms with Gasteiger partial charge in [-0.25, -0.2) is 4.98 Å². The van der Waals surface area contributed by atoms with Crippen LogP contribution in [0.1, 0.15) is 11.3 Å². The molecule has 0 saturated carbocycles. The zero-order chi connectivity index (χ0) is 12.4. The second-order valence-electron chi connectivity index (χ2n) is 4.80. The molecular formula is C12H19N5O. The van der Waals surface area contributed by atoms with Gasteiger partial charge in [0, 0.05) is 44.7 Å². The minimum atomic E-state index is 0.0391. The van der Waals surface area contributed by atoms with Crippen molar-refractivity contribution in [1.29, 1.82) is 0 Å². The van der Waals surface area contributed by atoms with Gasteiger partial charge in [0.25, 0.3) is 5.56 Å². The molecule has 3 rings (SSSR count). The van der Waals surface area contributed by atoms with E-state index in [1.807, 2.05) is 0 Å². The molecule has 0 amide bonds. The number of rotatable bonds is 1. The molecular weight excluding hydrogens is 230 g/mol. The van der Waals surface area contributed by atoms with Gasteiger partial charge in [0.1, 0.15) is 0 Å². The first-order valence-electron chi connectivity index (χ1n) is 6.63. The quantitative estimate of drug-likeness (QED) is 0.587. The minimum absolute atomic E-state index is 0.0391. The molecule has 0 aromatic carbocycles. The molecule has 3 heterocycles. The number of hydrogen-bond acceptors (Lipinski definition) is 5. The predicted molar refractivity (Wildman–Crippen MR) is 70.2 cm³/mol. The van der Waals surface area contributed by atoms with Crippen LogP contribution in [0.25, 0.3) is 0 Å². The average Bonchev–Trinajstić information content (AvgIpc) is 2.65. The molecule has 6 nitrogen and oxygen atoms in total. The SMILES string of the molecule is O=c1[nH]c(N2CCNCC2)nc2c1CCNCC2.